The van der Waals surface area contributed by atoms with Crippen molar-refractivity contribution in [2.24, 2.45) is 5.14 Å². The van der Waals surface area contributed by atoms with E-state index in [1.54, 1.807) is 0 Å². The first-order valence-corrected chi connectivity index (χ1v) is 4.36. The minimum absolute atomic E-state index is 0.913. The maximum Gasteiger partial charge on any atom is 0.0594 e. The largest absolute Gasteiger partial charge is 0.760 e. The van der Waals surface area contributed by atoms with Gasteiger partial charge in [0.1, 0.15) is 0 Å². The molecule has 0 aromatic heterocycles. The van der Waals surface area contributed by atoms with Crippen molar-refractivity contribution in [3.63, 3.8) is 0 Å². The summed E-state index contributed by atoms with van der Waals surface area (Å²) in [5, 5.41) is 4.03. The molecule has 2 N–H and O–H groups in total. The van der Waals surface area contributed by atoms with Crippen LogP contribution >= 0.6 is 0 Å². The number of hydrogen-bond acceptors (Lipinski definition) is 4. The number of rotatable bonds is 0. The molecular formula is C5H13N2O3S-. The second-order valence-corrected chi connectivity index (χ2v) is 2.70. The van der Waals surface area contributed by atoms with Crippen molar-refractivity contribution in [3.05, 3.63) is 0 Å². The molecular weight excluding hydrogens is 168 g/mol. The van der Waals surface area contributed by atoms with E-state index in [0.717, 1.165) is 26.3 Å². The minimum Gasteiger partial charge on any atom is -0.760 e. The lowest BCUT2D eigenvalue weighted by Crippen LogP contribution is -2.32. The summed E-state index contributed by atoms with van der Waals surface area (Å²) < 4.78 is 22.7. The van der Waals surface area contributed by atoms with Gasteiger partial charge in [-0.25, -0.2) is 0 Å². The van der Waals surface area contributed by atoms with E-state index >= 15 is 0 Å². The SMILES string of the molecule is CN1CCOCC1.NS(=O)[O-]. The van der Waals surface area contributed by atoms with Crippen molar-refractivity contribution in [2.75, 3.05) is 33.4 Å². The van der Waals surface area contributed by atoms with Crippen molar-refractivity contribution in [2.45, 2.75) is 0 Å². The van der Waals surface area contributed by atoms with E-state index in [1.165, 1.54) is 0 Å². The van der Waals surface area contributed by atoms with E-state index in [1.807, 2.05) is 0 Å². The van der Waals surface area contributed by atoms with Gasteiger partial charge in [0.2, 0.25) is 0 Å². The predicted molar refractivity (Wildman–Crippen MR) is 41.4 cm³/mol. The van der Waals surface area contributed by atoms with E-state index in [2.05, 4.69) is 17.1 Å². The smallest absolute Gasteiger partial charge is 0.0594 e. The zero-order valence-electron chi connectivity index (χ0n) is 6.49. The molecule has 6 heteroatoms. The molecule has 1 atom stereocenters. The highest BCUT2D eigenvalue weighted by atomic mass is 32.2. The Labute approximate surface area is 68.9 Å². The first-order chi connectivity index (χ1) is 5.13. The molecule has 0 radical (unpaired) electrons. The highest BCUT2D eigenvalue weighted by molar-refractivity contribution is 7.76. The van der Waals surface area contributed by atoms with Gasteiger partial charge >= 0.3 is 0 Å². The fraction of sp³-hybridized carbons (Fsp3) is 1.00. The van der Waals surface area contributed by atoms with Gasteiger partial charge in [0.15, 0.2) is 0 Å². The molecule has 1 fully saturated rings. The molecule has 5 nitrogen and oxygen atoms in total. The predicted octanol–water partition coefficient (Wildman–Crippen LogP) is -1.31. The molecule has 0 bridgehead atoms. The molecule has 0 spiro atoms. The third-order valence-electron chi connectivity index (χ3n) is 1.23. The summed E-state index contributed by atoms with van der Waals surface area (Å²) in [6.07, 6.45) is 0. The number of ether oxygens (including phenoxy) is 1. The highest BCUT2D eigenvalue weighted by Gasteiger charge is 2.02. The lowest BCUT2D eigenvalue weighted by atomic mass is 10.5. The van der Waals surface area contributed by atoms with Crippen LogP contribution in [0.5, 0.6) is 0 Å². The molecule has 1 aliphatic heterocycles. The number of nitrogens with two attached hydrogens (primary N) is 1. The molecule has 0 amide bonds. The Morgan fingerprint density at radius 2 is 1.91 bits per heavy atom. The average Bonchev–Trinajstić information content (AvgIpc) is 1.87. The quantitative estimate of drug-likeness (QED) is 0.470. The Bertz CT molecular complexity index is 112. The van der Waals surface area contributed by atoms with Gasteiger partial charge in [-0.1, -0.05) is 0 Å². The van der Waals surface area contributed by atoms with Crippen LogP contribution < -0.4 is 5.14 Å². The number of morpholine rings is 1. The fourth-order valence-corrected chi connectivity index (χ4v) is 0.655. The van der Waals surface area contributed by atoms with Crippen LogP contribution in [0.25, 0.3) is 0 Å². The summed E-state index contributed by atoms with van der Waals surface area (Å²) in [6.45, 7) is 4.02. The molecule has 1 heterocycles. The third kappa shape index (κ3) is 9.99. The normalized spacial score (nSPS) is 21.7. The summed E-state index contributed by atoms with van der Waals surface area (Å²) in [5.74, 6) is 0. The monoisotopic (exact) mass is 181 g/mol. The summed E-state index contributed by atoms with van der Waals surface area (Å²) >= 11 is -2.36. The Balaban J connectivity index is 0.000000218. The molecule has 1 rings (SSSR count). The minimum atomic E-state index is -2.36. The van der Waals surface area contributed by atoms with E-state index in [-0.39, 0.29) is 0 Å². The van der Waals surface area contributed by atoms with Crippen LogP contribution in [0.4, 0.5) is 0 Å². The highest BCUT2D eigenvalue weighted by Crippen LogP contribution is 1.89. The van der Waals surface area contributed by atoms with E-state index in [0.29, 0.717) is 0 Å². The van der Waals surface area contributed by atoms with Crippen LogP contribution in [0.15, 0.2) is 0 Å². The Hall–Kier alpha value is -0.0100. The van der Waals surface area contributed by atoms with Crippen LogP contribution in [0.2, 0.25) is 0 Å². The van der Waals surface area contributed by atoms with Crippen molar-refractivity contribution in [1.82, 2.24) is 4.90 Å². The molecule has 1 saturated heterocycles. The Kier molecular flexibility index (Phi) is 6.68. The number of nitrogens with zero attached hydrogens (tertiary/aromatic N) is 1. The maximum absolute atomic E-state index is 8.78. The Morgan fingerprint density at radius 1 is 1.55 bits per heavy atom. The number of hydrogen-bond donors (Lipinski definition) is 1. The van der Waals surface area contributed by atoms with E-state index < -0.39 is 11.3 Å². The lowest BCUT2D eigenvalue weighted by molar-refractivity contribution is 0.0503. The first kappa shape index (κ1) is 11.0. The molecule has 1 aliphatic rings. The van der Waals surface area contributed by atoms with Crippen molar-refractivity contribution in [3.8, 4) is 0 Å². The molecule has 1 unspecified atom stereocenters. The topological polar surface area (TPSA) is 78.6 Å². The van der Waals surface area contributed by atoms with Crippen LogP contribution in [-0.4, -0.2) is 47.0 Å². The molecule has 0 saturated carbocycles. The van der Waals surface area contributed by atoms with Gasteiger partial charge in [0.05, 0.1) is 13.2 Å². The molecule has 0 aromatic rings. The fourth-order valence-electron chi connectivity index (χ4n) is 0.655. The van der Waals surface area contributed by atoms with E-state index in [4.69, 9.17) is 13.5 Å². The van der Waals surface area contributed by atoms with Crippen LogP contribution in [0, 0.1) is 0 Å². The van der Waals surface area contributed by atoms with Crippen LogP contribution in [-0.2, 0) is 16.0 Å². The molecule has 11 heavy (non-hydrogen) atoms. The average molecular weight is 181 g/mol. The van der Waals surface area contributed by atoms with Gasteiger partial charge in [0.25, 0.3) is 0 Å². The second-order valence-electron chi connectivity index (χ2n) is 2.18. The Morgan fingerprint density at radius 3 is 2.09 bits per heavy atom. The van der Waals surface area contributed by atoms with Gasteiger partial charge in [-0.15, -0.1) is 0 Å². The van der Waals surface area contributed by atoms with Crippen molar-refractivity contribution >= 4 is 11.3 Å². The van der Waals surface area contributed by atoms with Gasteiger partial charge in [-0.05, 0) is 7.05 Å². The van der Waals surface area contributed by atoms with E-state index in [9.17, 15) is 0 Å². The zero-order chi connectivity index (χ0) is 8.69. The van der Waals surface area contributed by atoms with Crippen molar-refractivity contribution < 1.29 is 13.5 Å². The third-order valence-corrected chi connectivity index (χ3v) is 1.23. The van der Waals surface area contributed by atoms with Gasteiger partial charge in [0, 0.05) is 24.4 Å². The maximum atomic E-state index is 8.78. The van der Waals surface area contributed by atoms with Crippen molar-refractivity contribution in [1.29, 1.82) is 0 Å². The van der Waals surface area contributed by atoms with Gasteiger partial charge in [-0.3, -0.25) is 9.35 Å². The van der Waals surface area contributed by atoms with Gasteiger partial charge < -0.3 is 14.2 Å². The number of likely N-dealkylation sites (N-methyl/N-ethyl adjacent to an activating group) is 1. The van der Waals surface area contributed by atoms with Crippen LogP contribution in [0.3, 0.4) is 0 Å². The second kappa shape index (κ2) is 6.68. The molecule has 0 aromatic carbocycles. The standard InChI is InChI=1S/C5H11NO.H3NO2S/c1-6-2-4-7-5-3-6;1-4(2)3/h2-5H2,1H3;1H2,(H,2,3)/p-1. The molecule has 68 valence electrons. The van der Waals surface area contributed by atoms with Crippen LogP contribution in [0.1, 0.15) is 0 Å². The summed E-state index contributed by atoms with van der Waals surface area (Å²) in [6, 6.07) is 0. The first-order valence-electron chi connectivity index (χ1n) is 3.23. The van der Waals surface area contributed by atoms with Gasteiger partial charge in [-0.2, -0.15) is 0 Å². The zero-order valence-corrected chi connectivity index (χ0v) is 7.30. The summed E-state index contributed by atoms with van der Waals surface area (Å²) in [5.41, 5.74) is 0. The lowest BCUT2D eigenvalue weighted by Gasteiger charge is -2.21. The summed E-state index contributed by atoms with van der Waals surface area (Å²) in [4.78, 5) is 2.27. The molecule has 0 aliphatic carbocycles. The summed E-state index contributed by atoms with van der Waals surface area (Å²) in [7, 11) is 2.11.